The van der Waals surface area contributed by atoms with Crippen molar-refractivity contribution in [1.82, 2.24) is 10.1 Å². The highest BCUT2D eigenvalue weighted by Gasteiger charge is 2.49. The largest absolute Gasteiger partial charge is 0.339 e. The van der Waals surface area contributed by atoms with E-state index in [4.69, 9.17) is 10.3 Å². The molecule has 1 aromatic rings. The fraction of sp³-hybridized carbons (Fsp3) is 0.778. The molecule has 1 unspecified atom stereocenters. The van der Waals surface area contributed by atoms with Crippen LogP contribution in [0.3, 0.4) is 0 Å². The molecule has 1 fully saturated rings. The van der Waals surface area contributed by atoms with Crippen molar-refractivity contribution in [2.24, 2.45) is 11.1 Å². The Balaban J connectivity index is 2.07. The lowest BCUT2D eigenvalue weighted by atomic mass is 10.1. The number of rotatable bonds is 3. The molecule has 1 atom stereocenters. The summed E-state index contributed by atoms with van der Waals surface area (Å²) < 4.78 is 5.06. The van der Waals surface area contributed by atoms with Gasteiger partial charge >= 0.3 is 0 Å². The minimum absolute atomic E-state index is 0.365. The van der Waals surface area contributed by atoms with E-state index >= 15 is 0 Å². The molecule has 0 aliphatic heterocycles. The Hall–Kier alpha value is -0.900. The number of nitrogens with zero attached hydrogens (tertiary/aromatic N) is 2. The Kier molecular flexibility index (Phi) is 1.87. The van der Waals surface area contributed by atoms with Crippen molar-refractivity contribution in [3.8, 4) is 0 Å². The van der Waals surface area contributed by atoms with Crippen molar-refractivity contribution in [3.05, 3.63) is 11.7 Å². The molecular formula is C9H15N3O. The van der Waals surface area contributed by atoms with E-state index in [-0.39, 0.29) is 0 Å². The zero-order valence-corrected chi connectivity index (χ0v) is 8.08. The van der Waals surface area contributed by atoms with E-state index < -0.39 is 0 Å². The predicted octanol–water partition coefficient (Wildman–Crippen LogP) is 1.08. The van der Waals surface area contributed by atoms with Gasteiger partial charge in [-0.15, -0.1) is 0 Å². The van der Waals surface area contributed by atoms with E-state index in [0.717, 1.165) is 12.2 Å². The maximum Gasteiger partial charge on any atom is 0.227 e. The van der Waals surface area contributed by atoms with Crippen molar-refractivity contribution in [3.63, 3.8) is 0 Å². The summed E-state index contributed by atoms with van der Waals surface area (Å²) in [7, 11) is 0. The molecule has 2 rings (SSSR count). The number of aromatic nitrogens is 2. The minimum atomic E-state index is 0.365. The van der Waals surface area contributed by atoms with Crippen LogP contribution in [0.25, 0.3) is 0 Å². The Labute approximate surface area is 77.5 Å². The van der Waals surface area contributed by atoms with E-state index in [1.165, 1.54) is 0 Å². The first-order valence-corrected chi connectivity index (χ1v) is 4.66. The third kappa shape index (κ3) is 1.58. The van der Waals surface area contributed by atoms with E-state index in [2.05, 4.69) is 24.0 Å². The minimum Gasteiger partial charge on any atom is -0.339 e. The zero-order valence-electron chi connectivity index (χ0n) is 8.08. The Bertz CT molecular complexity index is 306. The predicted molar refractivity (Wildman–Crippen MR) is 48.2 cm³/mol. The van der Waals surface area contributed by atoms with Gasteiger partial charge in [-0.2, -0.15) is 4.98 Å². The van der Waals surface area contributed by atoms with Gasteiger partial charge in [-0.25, -0.2) is 0 Å². The van der Waals surface area contributed by atoms with Crippen LogP contribution < -0.4 is 5.73 Å². The summed E-state index contributed by atoms with van der Waals surface area (Å²) >= 11 is 0. The Morgan fingerprint density at radius 2 is 2.31 bits per heavy atom. The molecule has 0 amide bonds. The first-order valence-electron chi connectivity index (χ1n) is 4.66. The van der Waals surface area contributed by atoms with Gasteiger partial charge in [-0.05, 0) is 11.8 Å². The van der Waals surface area contributed by atoms with Crippen LogP contribution in [0.2, 0.25) is 0 Å². The second-order valence-electron chi connectivity index (χ2n) is 4.33. The van der Waals surface area contributed by atoms with Crippen LogP contribution in [-0.4, -0.2) is 16.7 Å². The lowest BCUT2D eigenvalue weighted by Crippen LogP contribution is -2.02. The van der Waals surface area contributed by atoms with Crippen molar-refractivity contribution >= 4 is 0 Å². The SMILES string of the molecule is CC1(C)CC1c1noc(CCN)n1. The summed E-state index contributed by atoms with van der Waals surface area (Å²) in [5.74, 6) is 2.01. The topological polar surface area (TPSA) is 64.9 Å². The van der Waals surface area contributed by atoms with Crippen molar-refractivity contribution < 1.29 is 4.52 Å². The fourth-order valence-electron chi connectivity index (χ4n) is 1.54. The second kappa shape index (κ2) is 2.80. The molecule has 72 valence electrons. The quantitative estimate of drug-likeness (QED) is 0.758. The summed E-state index contributed by atoms with van der Waals surface area (Å²) in [4.78, 5) is 4.30. The van der Waals surface area contributed by atoms with Gasteiger partial charge in [0.2, 0.25) is 5.89 Å². The first kappa shape index (κ1) is 8.69. The number of nitrogens with two attached hydrogens (primary N) is 1. The van der Waals surface area contributed by atoms with Crippen LogP contribution in [0.1, 0.15) is 37.9 Å². The monoisotopic (exact) mass is 181 g/mol. The lowest BCUT2D eigenvalue weighted by molar-refractivity contribution is 0.373. The summed E-state index contributed by atoms with van der Waals surface area (Å²) in [6.07, 6.45) is 1.84. The van der Waals surface area contributed by atoms with Gasteiger partial charge in [-0.1, -0.05) is 19.0 Å². The van der Waals surface area contributed by atoms with Gasteiger partial charge in [0.25, 0.3) is 0 Å². The molecule has 0 aromatic carbocycles. The molecule has 13 heavy (non-hydrogen) atoms. The molecule has 0 saturated heterocycles. The zero-order chi connectivity index (χ0) is 9.47. The molecule has 1 aliphatic carbocycles. The normalized spacial score (nSPS) is 24.7. The third-order valence-corrected chi connectivity index (χ3v) is 2.67. The van der Waals surface area contributed by atoms with Gasteiger partial charge < -0.3 is 10.3 Å². The van der Waals surface area contributed by atoms with Gasteiger partial charge in [0, 0.05) is 18.9 Å². The summed E-state index contributed by atoms with van der Waals surface area (Å²) in [5, 5.41) is 3.95. The first-order chi connectivity index (χ1) is 6.13. The van der Waals surface area contributed by atoms with Crippen LogP contribution >= 0.6 is 0 Å². The van der Waals surface area contributed by atoms with Crippen molar-refractivity contribution in [2.75, 3.05) is 6.54 Å². The van der Waals surface area contributed by atoms with Crippen molar-refractivity contribution in [2.45, 2.75) is 32.6 Å². The summed E-state index contributed by atoms with van der Waals surface area (Å²) in [6, 6.07) is 0. The summed E-state index contributed by atoms with van der Waals surface area (Å²) in [5.41, 5.74) is 5.75. The van der Waals surface area contributed by atoms with E-state index in [9.17, 15) is 0 Å². The van der Waals surface area contributed by atoms with Crippen molar-refractivity contribution in [1.29, 1.82) is 0 Å². The molecule has 0 spiro atoms. The molecule has 0 bridgehead atoms. The molecular weight excluding hydrogens is 166 g/mol. The highest BCUT2D eigenvalue weighted by molar-refractivity contribution is 5.14. The molecule has 2 N–H and O–H groups in total. The molecule has 4 nitrogen and oxygen atoms in total. The van der Waals surface area contributed by atoms with Crippen LogP contribution in [0.4, 0.5) is 0 Å². The van der Waals surface area contributed by atoms with Crippen LogP contribution in [0.5, 0.6) is 0 Å². The van der Waals surface area contributed by atoms with E-state index in [1.807, 2.05) is 0 Å². The fourth-order valence-corrected chi connectivity index (χ4v) is 1.54. The van der Waals surface area contributed by atoms with Gasteiger partial charge in [0.1, 0.15) is 0 Å². The average molecular weight is 181 g/mol. The van der Waals surface area contributed by atoms with Crippen LogP contribution in [0, 0.1) is 5.41 Å². The Morgan fingerprint density at radius 1 is 1.62 bits per heavy atom. The molecule has 0 radical (unpaired) electrons. The maximum absolute atomic E-state index is 5.39. The highest BCUT2D eigenvalue weighted by Crippen LogP contribution is 2.57. The van der Waals surface area contributed by atoms with Crippen LogP contribution in [-0.2, 0) is 6.42 Å². The number of hydrogen-bond donors (Lipinski definition) is 1. The Morgan fingerprint density at radius 3 is 2.85 bits per heavy atom. The maximum atomic E-state index is 5.39. The number of hydrogen-bond acceptors (Lipinski definition) is 4. The highest BCUT2D eigenvalue weighted by atomic mass is 16.5. The van der Waals surface area contributed by atoms with Crippen LogP contribution in [0.15, 0.2) is 4.52 Å². The van der Waals surface area contributed by atoms with Gasteiger partial charge in [0.05, 0.1) is 0 Å². The second-order valence-corrected chi connectivity index (χ2v) is 4.33. The van der Waals surface area contributed by atoms with Gasteiger partial charge in [-0.3, -0.25) is 0 Å². The smallest absolute Gasteiger partial charge is 0.227 e. The molecule has 1 saturated carbocycles. The average Bonchev–Trinajstić information content (AvgIpc) is 2.52. The third-order valence-electron chi connectivity index (χ3n) is 2.67. The van der Waals surface area contributed by atoms with E-state index in [0.29, 0.717) is 30.2 Å². The molecule has 1 aromatic heterocycles. The molecule has 1 heterocycles. The van der Waals surface area contributed by atoms with E-state index in [1.54, 1.807) is 0 Å². The molecule has 4 heteroatoms. The molecule has 1 aliphatic rings. The lowest BCUT2D eigenvalue weighted by Gasteiger charge is -1.95. The van der Waals surface area contributed by atoms with Gasteiger partial charge in [0.15, 0.2) is 5.82 Å². The summed E-state index contributed by atoms with van der Waals surface area (Å²) in [6.45, 7) is 5.00. The standard InChI is InChI=1S/C9H15N3O/c1-9(2)5-6(9)8-11-7(3-4-10)13-12-8/h6H,3-5,10H2,1-2H3.